The van der Waals surface area contributed by atoms with E-state index in [0.29, 0.717) is 11.0 Å². The van der Waals surface area contributed by atoms with Gasteiger partial charge in [0.2, 0.25) is 5.91 Å². The standard InChI is InChI=1S/C22H18N6O3S/c29-20(24-23-18-13-7-8-14-19(18)28(30)31)15-32-22-26-25-21(16-9-3-1-4-10-16)27(22)17-11-5-2-6-12-17/h1-14,23H,15H2,(H,24,29). The first-order chi connectivity index (χ1) is 15.6. The molecule has 0 aliphatic rings. The normalized spacial score (nSPS) is 10.5. The molecule has 2 N–H and O–H groups in total. The van der Waals surface area contributed by atoms with Gasteiger partial charge in [0, 0.05) is 17.3 Å². The summed E-state index contributed by atoms with van der Waals surface area (Å²) in [6.07, 6.45) is 0. The van der Waals surface area contributed by atoms with Gasteiger partial charge in [0.25, 0.3) is 5.69 Å². The molecule has 0 saturated carbocycles. The number of aromatic nitrogens is 3. The van der Waals surface area contributed by atoms with Gasteiger partial charge in [-0.15, -0.1) is 10.2 Å². The monoisotopic (exact) mass is 446 g/mol. The number of nitro groups is 1. The van der Waals surface area contributed by atoms with Crippen LogP contribution in [0, 0.1) is 10.1 Å². The van der Waals surface area contributed by atoms with Crippen molar-refractivity contribution in [1.82, 2.24) is 20.2 Å². The Hall–Kier alpha value is -4.18. The number of para-hydroxylation sites is 3. The first-order valence-corrected chi connectivity index (χ1v) is 10.6. The molecule has 1 aromatic heterocycles. The van der Waals surface area contributed by atoms with Gasteiger partial charge in [-0.05, 0) is 18.2 Å². The number of nitrogens with one attached hydrogen (secondary N) is 2. The maximum Gasteiger partial charge on any atom is 0.294 e. The van der Waals surface area contributed by atoms with Gasteiger partial charge in [0.1, 0.15) is 5.69 Å². The van der Waals surface area contributed by atoms with Crippen LogP contribution in [0.5, 0.6) is 0 Å². The number of amides is 1. The number of carbonyl (C=O) groups excluding carboxylic acids is 1. The highest BCUT2D eigenvalue weighted by atomic mass is 32.2. The Labute approximate surface area is 187 Å². The van der Waals surface area contributed by atoms with Crippen molar-refractivity contribution in [1.29, 1.82) is 0 Å². The maximum atomic E-state index is 12.4. The van der Waals surface area contributed by atoms with E-state index in [1.807, 2.05) is 65.2 Å². The van der Waals surface area contributed by atoms with E-state index in [1.54, 1.807) is 12.1 Å². The minimum absolute atomic E-state index is 0.0351. The molecule has 9 nitrogen and oxygen atoms in total. The predicted octanol–water partition coefficient (Wildman–Crippen LogP) is 4.08. The average Bonchev–Trinajstić information content (AvgIpc) is 3.26. The van der Waals surface area contributed by atoms with Crippen LogP contribution in [-0.2, 0) is 4.79 Å². The molecule has 0 aliphatic carbocycles. The van der Waals surface area contributed by atoms with Crippen LogP contribution in [0.4, 0.5) is 11.4 Å². The van der Waals surface area contributed by atoms with Crippen LogP contribution in [-0.4, -0.2) is 31.3 Å². The SMILES string of the molecule is O=C(CSc1nnc(-c2ccccc2)n1-c1ccccc1)NNc1ccccc1[N+](=O)[O-]. The number of hydrogen-bond acceptors (Lipinski definition) is 7. The lowest BCUT2D eigenvalue weighted by molar-refractivity contribution is -0.384. The Morgan fingerprint density at radius 1 is 0.938 bits per heavy atom. The van der Waals surface area contributed by atoms with E-state index in [2.05, 4.69) is 21.0 Å². The van der Waals surface area contributed by atoms with E-state index in [0.717, 1.165) is 11.3 Å². The van der Waals surface area contributed by atoms with Crippen LogP contribution in [0.2, 0.25) is 0 Å². The van der Waals surface area contributed by atoms with E-state index in [-0.39, 0.29) is 23.0 Å². The highest BCUT2D eigenvalue weighted by Crippen LogP contribution is 2.28. The number of nitro benzene ring substituents is 1. The molecular formula is C22H18N6O3S. The molecule has 0 bridgehead atoms. The summed E-state index contributed by atoms with van der Waals surface area (Å²) in [5.41, 5.74) is 6.95. The van der Waals surface area contributed by atoms with Crippen molar-refractivity contribution >= 4 is 29.0 Å². The van der Waals surface area contributed by atoms with Crippen molar-refractivity contribution in [2.24, 2.45) is 0 Å². The van der Waals surface area contributed by atoms with Gasteiger partial charge in [-0.25, -0.2) is 0 Å². The summed E-state index contributed by atoms with van der Waals surface area (Å²) in [5, 5.41) is 20.3. The zero-order valence-corrected chi connectivity index (χ0v) is 17.5. The Morgan fingerprint density at radius 3 is 2.31 bits per heavy atom. The van der Waals surface area contributed by atoms with E-state index < -0.39 is 4.92 Å². The largest absolute Gasteiger partial charge is 0.294 e. The highest BCUT2D eigenvalue weighted by Gasteiger charge is 2.18. The van der Waals surface area contributed by atoms with Gasteiger partial charge in [-0.3, -0.25) is 30.3 Å². The molecule has 3 aromatic carbocycles. The van der Waals surface area contributed by atoms with Crippen molar-refractivity contribution in [2.45, 2.75) is 5.16 Å². The molecule has 1 heterocycles. The van der Waals surface area contributed by atoms with Crippen molar-refractivity contribution in [3.05, 3.63) is 95.0 Å². The predicted molar refractivity (Wildman–Crippen MR) is 122 cm³/mol. The van der Waals surface area contributed by atoms with Crippen molar-refractivity contribution in [2.75, 3.05) is 11.2 Å². The molecule has 0 atom stereocenters. The van der Waals surface area contributed by atoms with E-state index in [4.69, 9.17) is 0 Å². The summed E-state index contributed by atoms with van der Waals surface area (Å²) in [6.45, 7) is 0. The fourth-order valence-electron chi connectivity index (χ4n) is 2.99. The molecule has 0 unspecified atom stereocenters. The molecule has 4 aromatic rings. The molecule has 0 aliphatic heterocycles. The second-order valence-electron chi connectivity index (χ2n) is 6.58. The van der Waals surface area contributed by atoms with E-state index >= 15 is 0 Å². The second-order valence-corrected chi connectivity index (χ2v) is 7.52. The number of thioether (sulfide) groups is 1. The van der Waals surface area contributed by atoms with Gasteiger partial charge in [0.15, 0.2) is 11.0 Å². The molecule has 32 heavy (non-hydrogen) atoms. The summed E-state index contributed by atoms with van der Waals surface area (Å²) in [7, 11) is 0. The lowest BCUT2D eigenvalue weighted by atomic mass is 10.2. The van der Waals surface area contributed by atoms with Crippen LogP contribution in [0.1, 0.15) is 0 Å². The fourth-order valence-corrected chi connectivity index (χ4v) is 3.74. The number of benzene rings is 3. The number of nitrogens with zero attached hydrogens (tertiary/aromatic N) is 4. The zero-order chi connectivity index (χ0) is 22.3. The molecule has 160 valence electrons. The minimum Gasteiger partial charge on any atom is -0.292 e. The van der Waals surface area contributed by atoms with Gasteiger partial charge >= 0.3 is 0 Å². The maximum absolute atomic E-state index is 12.4. The first-order valence-electron chi connectivity index (χ1n) is 9.61. The topological polar surface area (TPSA) is 115 Å². The summed E-state index contributed by atoms with van der Waals surface area (Å²) in [6, 6.07) is 25.4. The van der Waals surface area contributed by atoms with Crippen LogP contribution in [0.3, 0.4) is 0 Å². The van der Waals surface area contributed by atoms with Crippen molar-refractivity contribution in [3.8, 4) is 17.1 Å². The molecule has 0 spiro atoms. The number of hydrazine groups is 1. The Balaban J connectivity index is 1.50. The smallest absolute Gasteiger partial charge is 0.292 e. The Kier molecular flexibility index (Phi) is 6.42. The molecule has 0 saturated heterocycles. The second kappa shape index (κ2) is 9.75. The zero-order valence-electron chi connectivity index (χ0n) is 16.7. The van der Waals surface area contributed by atoms with E-state index in [9.17, 15) is 14.9 Å². The number of anilines is 1. The average molecular weight is 446 g/mol. The van der Waals surface area contributed by atoms with Gasteiger partial charge in [-0.1, -0.05) is 72.4 Å². The third-order valence-corrected chi connectivity index (χ3v) is 5.38. The summed E-state index contributed by atoms with van der Waals surface area (Å²) in [5.74, 6) is 0.336. The number of carbonyl (C=O) groups is 1. The molecule has 0 fully saturated rings. The number of rotatable bonds is 8. The quantitative estimate of drug-likeness (QED) is 0.238. The fraction of sp³-hybridized carbons (Fsp3) is 0.0455. The van der Waals surface area contributed by atoms with Gasteiger partial charge in [0.05, 0.1) is 10.7 Å². The third-order valence-electron chi connectivity index (χ3n) is 4.45. The van der Waals surface area contributed by atoms with Crippen LogP contribution in [0.25, 0.3) is 17.1 Å². The van der Waals surface area contributed by atoms with Crippen LogP contribution < -0.4 is 10.9 Å². The highest BCUT2D eigenvalue weighted by molar-refractivity contribution is 7.99. The molecule has 10 heteroatoms. The van der Waals surface area contributed by atoms with Crippen molar-refractivity contribution < 1.29 is 9.72 Å². The lowest BCUT2D eigenvalue weighted by Crippen LogP contribution is -2.31. The molecule has 1 amide bonds. The van der Waals surface area contributed by atoms with Crippen LogP contribution in [0.15, 0.2) is 90.1 Å². The third kappa shape index (κ3) is 4.76. The summed E-state index contributed by atoms with van der Waals surface area (Å²) in [4.78, 5) is 23.0. The first kappa shape index (κ1) is 21.1. The Morgan fingerprint density at radius 2 is 1.59 bits per heavy atom. The molecule has 4 rings (SSSR count). The molecule has 0 radical (unpaired) electrons. The van der Waals surface area contributed by atoms with Crippen LogP contribution >= 0.6 is 11.8 Å². The Bertz CT molecular complexity index is 1230. The van der Waals surface area contributed by atoms with E-state index in [1.165, 1.54) is 23.9 Å². The molecular weight excluding hydrogens is 428 g/mol. The number of hydrogen-bond donors (Lipinski definition) is 2. The summed E-state index contributed by atoms with van der Waals surface area (Å²) >= 11 is 1.21. The lowest BCUT2D eigenvalue weighted by Gasteiger charge is -2.11. The van der Waals surface area contributed by atoms with Gasteiger partial charge in [-0.2, -0.15) is 0 Å². The van der Waals surface area contributed by atoms with Crippen molar-refractivity contribution in [3.63, 3.8) is 0 Å². The summed E-state index contributed by atoms with van der Waals surface area (Å²) < 4.78 is 1.89. The minimum atomic E-state index is -0.517. The van der Waals surface area contributed by atoms with Gasteiger partial charge < -0.3 is 0 Å².